The topological polar surface area (TPSA) is 45.7 Å². The molecule has 0 saturated carbocycles. The van der Waals surface area contributed by atoms with Gasteiger partial charge in [-0.05, 0) is 48.8 Å². The number of halogens is 1. The van der Waals surface area contributed by atoms with Gasteiger partial charge in [-0.2, -0.15) is 11.8 Å². The quantitative estimate of drug-likeness (QED) is 0.592. The summed E-state index contributed by atoms with van der Waals surface area (Å²) in [6.07, 6.45) is 5.72. The summed E-state index contributed by atoms with van der Waals surface area (Å²) in [5.74, 6) is 1.39. The van der Waals surface area contributed by atoms with Gasteiger partial charge in [0.15, 0.2) is 5.96 Å². The van der Waals surface area contributed by atoms with Gasteiger partial charge in [-0.3, -0.25) is 4.99 Å². The van der Waals surface area contributed by atoms with Crippen molar-refractivity contribution in [3.8, 4) is 0 Å². The van der Waals surface area contributed by atoms with Crippen LogP contribution in [0.4, 0.5) is 4.39 Å². The van der Waals surface area contributed by atoms with E-state index in [1.807, 2.05) is 12.3 Å². The molecule has 0 bridgehead atoms. The van der Waals surface area contributed by atoms with E-state index in [-0.39, 0.29) is 5.82 Å². The Hall–Kier alpha value is -1.27. The molecule has 4 nitrogen and oxygen atoms in total. The molecule has 6 heteroatoms. The lowest BCUT2D eigenvalue weighted by Crippen LogP contribution is -2.38. The molecule has 1 unspecified atom stereocenters. The van der Waals surface area contributed by atoms with Gasteiger partial charge in [0.1, 0.15) is 5.82 Å². The summed E-state index contributed by atoms with van der Waals surface area (Å²) in [6, 6.07) is 4.96. The van der Waals surface area contributed by atoms with Gasteiger partial charge in [0.25, 0.3) is 0 Å². The second-order valence-corrected chi connectivity index (χ2v) is 6.49. The van der Waals surface area contributed by atoms with Crippen molar-refractivity contribution < 1.29 is 9.13 Å². The first kappa shape index (κ1) is 18.1. The molecule has 2 rings (SSSR count). The number of guanidine groups is 1. The van der Waals surface area contributed by atoms with Crippen LogP contribution in [0.5, 0.6) is 0 Å². The molecule has 1 aromatic rings. The number of hydrogen-bond acceptors (Lipinski definition) is 3. The number of hydrogen-bond donors (Lipinski definition) is 2. The van der Waals surface area contributed by atoms with Crippen LogP contribution < -0.4 is 10.6 Å². The molecule has 23 heavy (non-hydrogen) atoms. The van der Waals surface area contributed by atoms with Gasteiger partial charge in [0, 0.05) is 32.5 Å². The Bertz CT molecular complexity index is 519. The SMILES string of the molecule is CN=C(NCCC1CCCO1)NCc1ccc(F)cc1CSC. The third kappa shape index (κ3) is 6.03. The van der Waals surface area contributed by atoms with Crippen molar-refractivity contribution in [2.75, 3.05) is 26.5 Å². The molecule has 1 fully saturated rings. The Balaban J connectivity index is 1.80. The molecule has 0 spiro atoms. The van der Waals surface area contributed by atoms with Crippen LogP contribution in [0.3, 0.4) is 0 Å². The number of aliphatic imine (C=N–C) groups is 1. The molecule has 1 saturated heterocycles. The highest BCUT2D eigenvalue weighted by molar-refractivity contribution is 7.97. The van der Waals surface area contributed by atoms with Crippen molar-refractivity contribution in [2.24, 2.45) is 4.99 Å². The number of ether oxygens (including phenoxy) is 1. The van der Waals surface area contributed by atoms with Crippen molar-refractivity contribution >= 4 is 17.7 Å². The zero-order valence-electron chi connectivity index (χ0n) is 13.9. The van der Waals surface area contributed by atoms with E-state index >= 15 is 0 Å². The van der Waals surface area contributed by atoms with Crippen LogP contribution in [0.15, 0.2) is 23.2 Å². The van der Waals surface area contributed by atoms with Crippen LogP contribution in [0, 0.1) is 5.82 Å². The van der Waals surface area contributed by atoms with E-state index in [0.717, 1.165) is 48.8 Å². The van der Waals surface area contributed by atoms with Gasteiger partial charge >= 0.3 is 0 Å². The second kappa shape index (κ2) is 9.78. The summed E-state index contributed by atoms with van der Waals surface area (Å²) in [4.78, 5) is 4.23. The van der Waals surface area contributed by atoms with E-state index in [1.165, 1.54) is 12.5 Å². The molecule has 1 aromatic carbocycles. The Morgan fingerprint density at radius 3 is 2.96 bits per heavy atom. The molecule has 1 heterocycles. The van der Waals surface area contributed by atoms with Crippen molar-refractivity contribution in [3.05, 3.63) is 35.1 Å². The Morgan fingerprint density at radius 2 is 2.26 bits per heavy atom. The summed E-state index contributed by atoms with van der Waals surface area (Å²) >= 11 is 1.69. The summed E-state index contributed by atoms with van der Waals surface area (Å²) in [7, 11) is 1.76. The number of nitrogens with one attached hydrogen (secondary N) is 2. The lowest BCUT2D eigenvalue weighted by atomic mass is 10.1. The average Bonchev–Trinajstić information content (AvgIpc) is 3.06. The smallest absolute Gasteiger partial charge is 0.191 e. The number of thioether (sulfide) groups is 1. The lowest BCUT2D eigenvalue weighted by molar-refractivity contribution is 0.105. The van der Waals surface area contributed by atoms with Crippen molar-refractivity contribution in [1.29, 1.82) is 0 Å². The Kier molecular flexibility index (Phi) is 7.68. The molecule has 0 radical (unpaired) electrons. The van der Waals surface area contributed by atoms with Crippen LogP contribution >= 0.6 is 11.8 Å². The largest absolute Gasteiger partial charge is 0.378 e. The van der Waals surface area contributed by atoms with E-state index in [1.54, 1.807) is 24.9 Å². The zero-order valence-corrected chi connectivity index (χ0v) is 14.7. The minimum atomic E-state index is -0.183. The first-order valence-electron chi connectivity index (χ1n) is 8.05. The molecule has 0 aromatic heterocycles. The van der Waals surface area contributed by atoms with Crippen molar-refractivity contribution in [1.82, 2.24) is 10.6 Å². The molecular formula is C17H26FN3OS. The van der Waals surface area contributed by atoms with Crippen LogP contribution in [0.2, 0.25) is 0 Å². The van der Waals surface area contributed by atoms with E-state index in [2.05, 4.69) is 15.6 Å². The molecule has 2 N–H and O–H groups in total. The average molecular weight is 339 g/mol. The van der Waals surface area contributed by atoms with E-state index in [4.69, 9.17) is 4.74 Å². The molecule has 1 aliphatic heterocycles. The van der Waals surface area contributed by atoms with E-state index in [0.29, 0.717) is 12.6 Å². The summed E-state index contributed by atoms with van der Waals surface area (Å²) in [5, 5.41) is 6.60. The maximum Gasteiger partial charge on any atom is 0.191 e. The fourth-order valence-corrected chi connectivity index (χ4v) is 3.26. The van der Waals surface area contributed by atoms with Gasteiger partial charge in [-0.25, -0.2) is 4.39 Å². The summed E-state index contributed by atoms with van der Waals surface area (Å²) in [5.41, 5.74) is 2.13. The second-order valence-electron chi connectivity index (χ2n) is 5.62. The van der Waals surface area contributed by atoms with Crippen LogP contribution in [-0.2, 0) is 17.0 Å². The van der Waals surface area contributed by atoms with Gasteiger partial charge in [0.05, 0.1) is 6.10 Å². The minimum absolute atomic E-state index is 0.183. The fourth-order valence-electron chi connectivity index (χ4n) is 2.68. The van der Waals surface area contributed by atoms with Crippen molar-refractivity contribution in [2.45, 2.75) is 37.7 Å². The van der Waals surface area contributed by atoms with Crippen LogP contribution in [0.25, 0.3) is 0 Å². The highest BCUT2D eigenvalue weighted by atomic mass is 32.2. The van der Waals surface area contributed by atoms with Gasteiger partial charge in [-0.15, -0.1) is 0 Å². The molecule has 1 atom stereocenters. The lowest BCUT2D eigenvalue weighted by Gasteiger charge is -2.15. The van der Waals surface area contributed by atoms with Crippen LogP contribution in [-0.4, -0.2) is 38.5 Å². The predicted molar refractivity (Wildman–Crippen MR) is 95.4 cm³/mol. The summed E-state index contributed by atoms with van der Waals surface area (Å²) in [6.45, 7) is 2.36. The maximum atomic E-state index is 13.4. The first-order valence-corrected chi connectivity index (χ1v) is 9.44. The normalized spacial score (nSPS) is 18.2. The highest BCUT2D eigenvalue weighted by Gasteiger charge is 2.14. The monoisotopic (exact) mass is 339 g/mol. The Morgan fingerprint density at radius 1 is 1.39 bits per heavy atom. The molecule has 0 amide bonds. The number of nitrogens with zero attached hydrogens (tertiary/aromatic N) is 1. The highest BCUT2D eigenvalue weighted by Crippen LogP contribution is 2.17. The first-order chi connectivity index (χ1) is 11.2. The third-order valence-corrected chi connectivity index (χ3v) is 4.52. The molecule has 0 aliphatic carbocycles. The van der Waals surface area contributed by atoms with Crippen molar-refractivity contribution in [3.63, 3.8) is 0 Å². The molecule has 1 aliphatic rings. The van der Waals surface area contributed by atoms with Gasteiger partial charge in [0.2, 0.25) is 0 Å². The van der Waals surface area contributed by atoms with Crippen LogP contribution in [0.1, 0.15) is 30.4 Å². The van der Waals surface area contributed by atoms with E-state index < -0.39 is 0 Å². The van der Waals surface area contributed by atoms with Gasteiger partial charge in [-0.1, -0.05) is 6.07 Å². The zero-order chi connectivity index (χ0) is 16.5. The third-order valence-electron chi connectivity index (χ3n) is 3.92. The molecular weight excluding hydrogens is 313 g/mol. The number of rotatable bonds is 7. The van der Waals surface area contributed by atoms with Gasteiger partial charge < -0.3 is 15.4 Å². The summed E-state index contributed by atoms with van der Waals surface area (Å²) < 4.78 is 19.0. The predicted octanol–water partition coefficient (Wildman–Crippen LogP) is 2.92. The molecule has 128 valence electrons. The minimum Gasteiger partial charge on any atom is -0.378 e. The number of benzene rings is 1. The Labute approximate surface area is 142 Å². The van der Waals surface area contributed by atoms with E-state index in [9.17, 15) is 4.39 Å². The maximum absolute atomic E-state index is 13.4. The fraction of sp³-hybridized carbons (Fsp3) is 0.588. The standard InChI is InChI=1S/C17H26FN3OS/c1-19-17(20-8-7-16-4-3-9-22-16)21-11-13-5-6-15(18)10-14(13)12-23-2/h5-6,10,16H,3-4,7-9,11-12H2,1-2H3,(H2,19,20,21).